The van der Waals surface area contributed by atoms with Crippen LogP contribution in [0.5, 0.6) is 0 Å². The number of aryl methyl sites for hydroxylation is 1. The number of nitriles is 1. The molecule has 0 saturated heterocycles. The largest absolute Gasteiger partial charge is 0.510 e. The van der Waals surface area contributed by atoms with Crippen LogP contribution in [0.2, 0.25) is 5.02 Å². The lowest BCUT2D eigenvalue weighted by molar-refractivity contribution is -0.292. The summed E-state index contributed by atoms with van der Waals surface area (Å²) in [4.78, 5) is 53.3. The number of aliphatic imine (C=N–C) groups is 1. The first-order valence-electron chi connectivity index (χ1n) is 15.1. The van der Waals surface area contributed by atoms with Crippen molar-refractivity contribution in [2.24, 2.45) is 23.2 Å². The maximum atomic E-state index is 14.1. The van der Waals surface area contributed by atoms with Gasteiger partial charge in [0.2, 0.25) is 0 Å². The van der Waals surface area contributed by atoms with Gasteiger partial charge in [-0.25, -0.2) is 14.5 Å². The predicted octanol–water partition coefficient (Wildman–Crippen LogP) is 6.10. The van der Waals surface area contributed by atoms with Gasteiger partial charge in [-0.05, 0) is 44.4 Å². The number of benzene rings is 1. The van der Waals surface area contributed by atoms with E-state index in [1.54, 1.807) is 0 Å². The number of aromatic nitrogens is 2. The van der Waals surface area contributed by atoms with Gasteiger partial charge in [0.25, 0.3) is 5.91 Å². The summed E-state index contributed by atoms with van der Waals surface area (Å²) in [6.45, 7) is 0.717. The Morgan fingerprint density at radius 3 is 2.22 bits per heavy atom. The van der Waals surface area contributed by atoms with Gasteiger partial charge in [-0.1, -0.05) is 17.7 Å². The highest BCUT2D eigenvalue weighted by atomic mass is 35.5. The van der Waals surface area contributed by atoms with Gasteiger partial charge < -0.3 is 25.1 Å². The Labute approximate surface area is 304 Å². The van der Waals surface area contributed by atoms with E-state index in [0.29, 0.717) is 13.3 Å². The monoisotopic (exact) mass is 800 g/mol. The Morgan fingerprint density at radius 2 is 1.70 bits per heavy atom. The number of allylic oxidation sites excluding steroid dienone is 1. The Balaban J connectivity index is 1.82. The van der Waals surface area contributed by atoms with E-state index in [1.165, 1.54) is 19.9 Å². The number of halogens is 9. The molecular formula is C31H29ClF8N6O8. The van der Waals surface area contributed by atoms with Crippen LogP contribution in [0.4, 0.5) is 45.7 Å². The molecule has 14 nitrogen and oxygen atoms in total. The molecule has 1 fully saturated rings. The lowest BCUT2D eigenvalue weighted by Crippen LogP contribution is -2.43. The molecule has 1 aliphatic carbocycles. The molecule has 3 N–H and O–H groups in total. The highest BCUT2D eigenvalue weighted by Gasteiger charge is 2.64. The van der Waals surface area contributed by atoms with Gasteiger partial charge in [-0.15, -0.1) is 0 Å². The molecule has 54 heavy (non-hydrogen) atoms. The Kier molecular flexibility index (Phi) is 12.6. The molecule has 0 atom stereocenters. The summed E-state index contributed by atoms with van der Waals surface area (Å²) in [5, 5.41) is 21.4. The zero-order valence-corrected chi connectivity index (χ0v) is 28.9. The van der Waals surface area contributed by atoms with E-state index < -0.39 is 96.7 Å². The highest BCUT2D eigenvalue weighted by Crippen LogP contribution is 2.50. The van der Waals surface area contributed by atoms with Crippen LogP contribution in [-0.4, -0.2) is 81.7 Å². The summed E-state index contributed by atoms with van der Waals surface area (Å²) in [6, 6.07) is 5.30. The predicted molar refractivity (Wildman–Crippen MR) is 168 cm³/mol. The highest BCUT2D eigenvalue weighted by molar-refractivity contribution is 6.34. The van der Waals surface area contributed by atoms with Gasteiger partial charge >= 0.3 is 36.4 Å². The normalized spacial score (nSPS) is 14.7. The topological polar surface area (TPSA) is 199 Å². The number of amides is 1. The van der Waals surface area contributed by atoms with Crippen LogP contribution in [0.3, 0.4) is 0 Å². The second-order valence-electron chi connectivity index (χ2n) is 12.2. The molecule has 1 aromatic heterocycles. The quantitative estimate of drug-likeness (QED) is 0.0736. The van der Waals surface area contributed by atoms with E-state index in [9.17, 15) is 59.6 Å². The summed E-state index contributed by atoms with van der Waals surface area (Å²) >= 11 is 6.25. The second-order valence-corrected chi connectivity index (χ2v) is 12.6. The zero-order chi connectivity index (χ0) is 41.0. The van der Waals surface area contributed by atoms with E-state index in [0.717, 1.165) is 23.2 Å². The van der Waals surface area contributed by atoms with Gasteiger partial charge in [0.1, 0.15) is 24.3 Å². The van der Waals surface area contributed by atoms with Crippen molar-refractivity contribution in [3.05, 3.63) is 51.8 Å². The molecule has 0 radical (unpaired) electrons. The Morgan fingerprint density at radius 1 is 1.09 bits per heavy atom. The van der Waals surface area contributed by atoms with Crippen molar-refractivity contribution >= 4 is 53.2 Å². The van der Waals surface area contributed by atoms with Gasteiger partial charge in [0, 0.05) is 25.0 Å². The molecule has 294 valence electrons. The first kappa shape index (κ1) is 42.9. The molecule has 0 aliphatic heterocycles. The van der Waals surface area contributed by atoms with Crippen LogP contribution in [-0.2, 0) is 42.9 Å². The molecule has 0 unspecified atom stereocenters. The van der Waals surface area contributed by atoms with E-state index in [1.807, 2.05) is 6.07 Å². The number of nitrogens with zero attached hydrogens (tertiary/aromatic N) is 5. The minimum atomic E-state index is -6.43. The maximum Gasteiger partial charge on any atom is 0.510 e. The third-order valence-electron chi connectivity index (χ3n) is 7.73. The summed E-state index contributed by atoms with van der Waals surface area (Å²) in [7, 11) is 0.651. The minimum Gasteiger partial charge on any atom is -0.481 e. The van der Waals surface area contributed by atoms with Crippen molar-refractivity contribution in [1.82, 2.24) is 14.7 Å². The van der Waals surface area contributed by atoms with E-state index in [-0.39, 0.29) is 39.2 Å². The third-order valence-corrected chi connectivity index (χ3v) is 8.06. The van der Waals surface area contributed by atoms with Crippen molar-refractivity contribution < 1.29 is 73.6 Å². The van der Waals surface area contributed by atoms with Crippen LogP contribution in [0.1, 0.15) is 60.3 Å². The number of alkyl halides is 8. The van der Waals surface area contributed by atoms with Crippen molar-refractivity contribution in [3.63, 3.8) is 0 Å². The summed E-state index contributed by atoms with van der Waals surface area (Å²) in [5.41, 5.74) is -3.11. The molecule has 3 rings (SSSR count). The average Bonchev–Trinajstić information content (AvgIpc) is 3.77. The average molecular weight is 801 g/mol. The Hall–Kier alpha value is -5.46. The molecule has 23 heteroatoms. The first-order valence-corrected chi connectivity index (χ1v) is 15.5. The van der Waals surface area contributed by atoms with Gasteiger partial charge in [0.05, 0.1) is 28.5 Å². The smallest absolute Gasteiger partial charge is 0.481 e. The molecule has 1 aliphatic rings. The van der Waals surface area contributed by atoms with Gasteiger partial charge in [-0.2, -0.15) is 45.5 Å². The SMILES string of the molecule is Cn1nc(C(F)(F)C(F)(F)F)c(C(F)(F)F)c1N=CC(=CN)c1ccc(Cl)c(C(=O)N(COC(=O)OCCOC(=O)CC(C)(C)C(=O)O)C2(C#N)CC2)c1. The van der Waals surface area contributed by atoms with E-state index in [4.69, 9.17) is 36.7 Å². The van der Waals surface area contributed by atoms with Gasteiger partial charge in [-0.3, -0.25) is 19.3 Å². The van der Waals surface area contributed by atoms with Crippen molar-refractivity contribution in [2.45, 2.75) is 56.9 Å². The molecule has 0 spiro atoms. The molecule has 1 aromatic carbocycles. The van der Waals surface area contributed by atoms with Crippen LogP contribution < -0.4 is 5.73 Å². The molecular weight excluding hydrogens is 772 g/mol. The number of hydrogen-bond donors (Lipinski definition) is 2. The van der Waals surface area contributed by atoms with E-state index in [2.05, 4.69) is 10.1 Å². The minimum absolute atomic E-state index is 0.0643. The summed E-state index contributed by atoms with van der Waals surface area (Å²) in [6.07, 6.45) is -12.4. The fraction of sp³-hybridized carbons (Fsp3) is 0.452. The number of aliphatic carboxylic acids is 1. The molecule has 0 bridgehead atoms. The van der Waals surface area contributed by atoms with Crippen LogP contribution >= 0.6 is 11.6 Å². The summed E-state index contributed by atoms with van der Waals surface area (Å²) in [5.74, 6) is -10.6. The van der Waals surface area contributed by atoms with Crippen molar-refractivity contribution in [2.75, 3.05) is 19.9 Å². The number of hydrogen-bond acceptors (Lipinski definition) is 11. The lowest BCUT2D eigenvalue weighted by Gasteiger charge is -2.27. The number of rotatable bonds is 14. The fourth-order valence-corrected chi connectivity index (χ4v) is 4.70. The second kappa shape index (κ2) is 15.9. The van der Waals surface area contributed by atoms with Gasteiger partial charge in [0.15, 0.2) is 18.2 Å². The molecule has 2 aromatic rings. The van der Waals surface area contributed by atoms with Crippen molar-refractivity contribution in [1.29, 1.82) is 5.26 Å². The number of carbonyl (C=O) groups excluding carboxylic acids is 3. The van der Waals surface area contributed by atoms with Crippen LogP contribution in [0.25, 0.3) is 5.57 Å². The zero-order valence-electron chi connectivity index (χ0n) is 28.1. The standard InChI is InChI=1S/C31H29ClF8N6O8/c1-27(2,25(49)50)11-20(47)52-8-9-53-26(51)54-15-46(28(14-42)6-7-28)24(48)18-10-16(4-5-19(18)32)17(12-41)13-43-23-21(30(35,36)37)22(44-45(23)3)29(33,34)31(38,39)40/h4-5,10,12-13H,6-9,11,15,41H2,1-3H3,(H,49,50). The number of ether oxygens (including phenoxy) is 3. The maximum absolute atomic E-state index is 14.1. The number of carbonyl (C=O) groups is 4. The fourth-order valence-electron chi connectivity index (χ4n) is 4.50. The van der Waals surface area contributed by atoms with Crippen molar-refractivity contribution in [3.8, 4) is 6.07 Å². The Bertz CT molecular complexity index is 1900. The third kappa shape index (κ3) is 9.55. The first-order chi connectivity index (χ1) is 24.8. The number of nitrogens with two attached hydrogens (primary N) is 1. The summed E-state index contributed by atoms with van der Waals surface area (Å²) < 4.78 is 123. The molecule has 1 saturated carbocycles. The lowest BCUT2D eigenvalue weighted by atomic mass is 9.90. The number of carboxylic acids is 1. The molecule has 1 amide bonds. The van der Waals surface area contributed by atoms with Crippen LogP contribution in [0.15, 0.2) is 29.4 Å². The van der Waals surface area contributed by atoms with E-state index >= 15 is 0 Å². The number of esters is 1. The number of carboxylic acid groups (broad SMARTS) is 1. The molecule has 1 heterocycles. The van der Waals surface area contributed by atoms with Crippen LogP contribution in [0, 0.1) is 16.7 Å².